The Balaban J connectivity index is 2.56. The minimum Gasteiger partial charge on any atom is -0.477 e. The number of hydrogen-bond acceptors (Lipinski definition) is 3. The van der Waals surface area contributed by atoms with Crippen molar-refractivity contribution in [3.05, 3.63) is 33.2 Å². The first-order valence-electron chi connectivity index (χ1n) is 4.37. The standard InChI is InChI=1S/C9H10N2O3/c12-8-6(9(13)14)3-5-4-10-2-1-7(5)11-8/h3,10H,1-2,4H2,(H,11,12)(H,13,14). The predicted molar refractivity (Wildman–Crippen MR) is 49.4 cm³/mol. The van der Waals surface area contributed by atoms with Gasteiger partial charge in [-0.15, -0.1) is 0 Å². The zero-order valence-electron chi connectivity index (χ0n) is 7.46. The summed E-state index contributed by atoms with van der Waals surface area (Å²) in [6.07, 6.45) is 0.741. The van der Waals surface area contributed by atoms with E-state index < -0.39 is 11.5 Å². The van der Waals surface area contributed by atoms with E-state index in [2.05, 4.69) is 10.3 Å². The Hall–Kier alpha value is -1.62. The SMILES string of the molecule is O=C(O)c1cc2c([nH]c1=O)CCNC2. The summed E-state index contributed by atoms with van der Waals surface area (Å²) in [7, 11) is 0. The molecule has 0 aliphatic carbocycles. The number of rotatable bonds is 1. The first kappa shape index (κ1) is 8.96. The summed E-state index contributed by atoms with van der Waals surface area (Å²) in [5.74, 6) is -1.18. The van der Waals surface area contributed by atoms with Gasteiger partial charge < -0.3 is 15.4 Å². The van der Waals surface area contributed by atoms with E-state index in [1.165, 1.54) is 6.07 Å². The number of aromatic nitrogens is 1. The molecule has 1 aliphatic heterocycles. The number of pyridine rings is 1. The average Bonchev–Trinajstić information content (AvgIpc) is 2.16. The van der Waals surface area contributed by atoms with Crippen molar-refractivity contribution in [3.8, 4) is 0 Å². The molecule has 5 heteroatoms. The normalized spacial score (nSPS) is 14.9. The summed E-state index contributed by atoms with van der Waals surface area (Å²) in [6, 6.07) is 1.45. The molecule has 0 atom stereocenters. The summed E-state index contributed by atoms with van der Waals surface area (Å²) < 4.78 is 0. The number of aromatic carboxylic acids is 1. The molecule has 0 fully saturated rings. The zero-order valence-corrected chi connectivity index (χ0v) is 7.46. The van der Waals surface area contributed by atoms with Crippen LogP contribution in [-0.4, -0.2) is 22.6 Å². The Kier molecular flexibility index (Phi) is 2.09. The molecule has 5 nitrogen and oxygen atoms in total. The summed E-state index contributed by atoms with van der Waals surface area (Å²) in [4.78, 5) is 24.5. The van der Waals surface area contributed by atoms with Crippen molar-refractivity contribution in [1.82, 2.24) is 10.3 Å². The molecule has 74 valence electrons. The lowest BCUT2D eigenvalue weighted by atomic mass is 10.1. The minimum absolute atomic E-state index is 0.188. The van der Waals surface area contributed by atoms with E-state index >= 15 is 0 Å². The second-order valence-electron chi connectivity index (χ2n) is 3.25. The van der Waals surface area contributed by atoms with Crippen LogP contribution in [0.15, 0.2) is 10.9 Å². The van der Waals surface area contributed by atoms with E-state index in [9.17, 15) is 9.59 Å². The number of hydrogen-bond donors (Lipinski definition) is 3. The van der Waals surface area contributed by atoms with Gasteiger partial charge in [-0.05, 0) is 11.6 Å². The van der Waals surface area contributed by atoms with E-state index in [0.717, 1.165) is 24.2 Å². The van der Waals surface area contributed by atoms with Gasteiger partial charge in [0.2, 0.25) is 0 Å². The number of carboxylic acids is 1. The van der Waals surface area contributed by atoms with Crippen LogP contribution >= 0.6 is 0 Å². The lowest BCUT2D eigenvalue weighted by Gasteiger charge is -2.16. The average molecular weight is 194 g/mol. The Morgan fingerprint density at radius 1 is 1.50 bits per heavy atom. The highest BCUT2D eigenvalue weighted by Gasteiger charge is 2.15. The zero-order chi connectivity index (χ0) is 10.1. The minimum atomic E-state index is -1.18. The molecule has 0 amide bonds. The third kappa shape index (κ3) is 1.42. The van der Waals surface area contributed by atoms with Gasteiger partial charge in [0.15, 0.2) is 0 Å². The van der Waals surface area contributed by atoms with Crippen molar-refractivity contribution in [2.75, 3.05) is 6.54 Å². The first-order valence-corrected chi connectivity index (χ1v) is 4.37. The van der Waals surface area contributed by atoms with Gasteiger partial charge >= 0.3 is 5.97 Å². The topological polar surface area (TPSA) is 82.2 Å². The van der Waals surface area contributed by atoms with Crippen LogP contribution < -0.4 is 10.9 Å². The summed E-state index contributed by atoms with van der Waals surface area (Å²) in [5, 5.41) is 11.8. The van der Waals surface area contributed by atoms with E-state index in [1.54, 1.807) is 0 Å². The summed E-state index contributed by atoms with van der Waals surface area (Å²) in [5.41, 5.74) is 1.01. The molecule has 0 spiro atoms. The van der Waals surface area contributed by atoms with Crippen molar-refractivity contribution in [2.45, 2.75) is 13.0 Å². The molecule has 2 heterocycles. The van der Waals surface area contributed by atoms with Crippen molar-refractivity contribution in [3.63, 3.8) is 0 Å². The smallest absolute Gasteiger partial charge is 0.341 e. The van der Waals surface area contributed by atoms with E-state index in [0.29, 0.717) is 6.54 Å². The van der Waals surface area contributed by atoms with Crippen molar-refractivity contribution >= 4 is 5.97 Å². The van der Waals surface area contributed by atoms with Gasteiger partial charge in [0.05, 0.1) is 0 Å². The molecule has 14 heavy (non-hydrogen) atoms. The summed E-state index contributed by atoms with van der Waals surface area (Å²) >= 11 is 0. The Morgan fingerprint density at radius 3 is 3.00 bits per heavy atom. The highest BCUT2D eigenvalue weighted by molar-refractivity contribution is 5.87. The number of H-pyrrole nitrogens is 1. The van der Waals surface area contributed by atoms with Crippen molar-refractivity contribution in [2.24, 2.45) is 0 Å². The van der Waals surface area contributed by atoms with Crippen LogP contribution in [0.3, 0.4) is 0 Å². The number of carbonyl (C=O) groups is 1. The number of carboxylic acid groups (broad SMARTS) is 1. The molecule has 0 bridgehead atoms. The maximum Gasteiger partial charge on any atom is 0.341 e. The van der Waals surface area contributed by atoms with E-state index in [4.69, 9.17) is 5.11 Å². The van der Waals surface area contributed by atoms with Crippen LogP contribution in [0.5, 0.6) is 0 Å². The fourth-order valence-electron chi connectivity index (χ4n) is 1.59. The third-order valence-electron chi connectivity index (χ3n) is 2.31. The molecule has 0 aromatic carbocycles. The second-order valence-corrected chi connectivity index (χ2v) is 3.25. The fourth-order valence-corrected chi connectivity index (χ4v) is 1.59. The maximum absolute atomic E-state index is 11.3. The van der Waals surface area contributed by atoms with E-state index in [1.807, 2.05) is 0 Å². The Labute approximate surface area is 79.8 Å². The van der Waals surface area contributed by atoms with Crippen molar-refractivity contribution in [1.29, 1.82) is 0 Å². The van der Waals surface area contributed by atoms with Crippen LogP contribution in [0.2, 0.25) is 0 Å². The molecule has 1 aromatic heterocycles. The Morgan fingerprint density at radius 2 is 2.29 bits per heavy atom. The lowest BCUT2D eigenvalue weighted by Crippen LogP contribution is -2.29. The van der Waals surface area contributed by atoms with Gasteiger partial charge in [0, 0.05) is 25.2 Å². The third-order valence-corrected chi connectivity index (χ3v) is 2.31. The van der Waals surface area contributed by atoms with Crippen LogP contribution in [0, 0.1) is 0 Å². The lowest BCUT2D eigenvalue weighted by molar-refractivity contribution is 0.0694. The van der Waals surface area contributed by atoms with Gasteiger partial charge in [-0.2, -0.15) is 0 Å². The molecule has 0 radical (unpaired) electrons. The first-order chi connectivity index (χ1) is 6.68. The van der Waals surface area contributed by atoms with Crippen LogP contribution in [0.1, 0.15) is 21.6 Å². The molecule has 0 saturated carbocycles. The van der Waals surface area contributed by atoms with Gasteiger partial charge in [-0.3, -0.25) is 4.79 Å². The summed E-state index contributed by atoms with van der Waals surface area (Å²) in [6.45, 7) is 1.43. The molecule has 2 rings (SSSR count). The monoisotopic (exact) mass is 194 g/mol. The number of fused-ring (bicyclic) bond motifs is 1. The van der Waals surface area contributed by atoms with Gasteiger partial charge in [-0.25, -0.2) is 4.79 Å². The quantitative estimate of drug-likeness (QED) is 0.574. The van der Waals surface area contributed by atoms with Crippen LogP contribution in [0.25, 0.3) is 0 Å². The predicted octanol–water partition coefficient (Wildman–Crippen LogP) is -0.281. The fraction of sp³-hybridized carbons (Fsp3) is 0.333. The van der Waals surface area contributed by atoms with Crippen molar-refractivity contribution < 1.29 is 9.90 Å². The highest BCUT2D eigenvalue weighted by Crippen LogP contribution is 2.10. The van der Waals surface area contributed by atoms with Crippen LogP contribution in [-0.2, 0) is 13.0 Å². The largest absolute Gasteiger partial charge is 0.477 e. The molecule has 0 unspecified atom stereocenters. The van der Waals surface area contributed by atoms with Gasteiger partial charge in [0.25, 0.3) is 5.56 Å². The number of aromatic amines is 1. The molecular formula is C9H10N2O3. The molecule has 0 saturated heterocycles. The molecule has 1 aliphatic rings. The second kappa shape index (κ2) is 3.26. The molecule has 1 aromatic rings. The Bertz CT molecular complexity index is 436. The molecular weight excluding hydrogens is 184 g/mol. The van der Waals surface area contributed by atoms with Crippen LogP contribution in [0.4, 0.5) is 0 Å². The van der Waals surface area contributed by atoms with Gasteiger partial charge in [-0.1, -0.05) is 0 Å². The molecule has 3 N–H and O–H groups in total. The highest BCUT2D eigenvalue weighted by atomic mass is 16.4. The maximum atomic E-state index is 11.3. The van der Waals surface area contributed by atoms with Gasteiger partial charge in [0.1, 0.15) is 5.56 Å². The van der Waals surface area contributed by atoms with E-state index in [-0.39, 0.29) is 5.56 Å². The number of nitrogens with one attached hydrogen (secondary N) is 2.